The SMILES string of the molecule is Br.CCCC[C@H](N)C(=O)O. The molecule has 0 heterocycles. The number of carboxylic acid groups (broad SMARTS) is 1. The summed E-state index contributed by atoms with van der Waals surface area (Å²) in [6.07, 6.45) is 2.49. The van der Waals surface area contributed by atoms with E-state index in [-0.39, 0.29) is 17.0 Å². The lowest BCUT2D eigenvalue weighted by molar-refractivity contribution is -0.138. The molecule has 0 aromatic carbocycles. The van der Waals surface area contributed by atoms with Crippen molar-refractivity contribution in [2.75, 3.05) is 0 Å². The second kappa shape index (κ2) is 7.02. The number of rotatable bonds is 4. The van der Waals surface area contributed by atoms with Gasteiger partial charge in [-0.2, -0.15) is 0 Å². The van der Waals surface area contributed by atoms with Gasteiger partial charge in [-0.25, -0.2) is 0 Å². The molecule has 62 valence electrons. The molecule has 0 saturated heterocycles. The maximum atomic E-state index is 10.1. The minimum absolute atomic E-state index is 0. The summed E-state index contributed by atoms with van der Waals surface area (Å²) >= 11 is 0. The van der Waals surface area contributed by atoms with E-state index in [1.165, 1.54) is 0 Å². The lowest BCUT2D eigenvalue weighted by Gasteiger charge is -2.02. The summed E-state index contributed by atoms with van der Waals surface area (Å²) in [5.74, 6) is -0.900. The van der Waals surface area contributed by atoms with Crippen LogP contribution in [0.25, 0.3) is 0 Å². The number of hydrogen-bond donors (Lipinski definition) is 2. The summed E-state index contributed by atoms with van der Waals surface area (Å²) < 4.78 is 0. The van der Waals surface area contributed by atoms with E-state index in [2.05, 4.69) is 0 Å². The number of hydrogen-bond acceptors (Lipinski definition) is 2. The van der Waals surface area contributed by atoms with E-state index in [0.717, 1.165) is 12.8 Å². The Labute approximate surface area is 71.4 Å². The highest BCUT2D eigenvalue weighted by Crippen LogP contribution is 1.96. The molecule has 0 rings (SSSR count). The van der Waals surface area contributed by atoms with Crippen LogP contribution < -0.4 is 5.73 Å². The summed E-state index contributed by atoms with van der Waals surface area (Å²) in [6, 6.07) is -0.662. The highest BCUT2D eigenvalue weighted by atomic mass is 79.9. The van der Waals surface area contributed by atoms with Gasteiger partial charge in [0, 0.05) is 0 Å². The minimum Gasteiger partial charge on any atom is -0.480 e. The van der Waals surface area contributed by atoms with Crippen LogP contribution in [0.4, 0.5) is 0 Å². The molecule has 1 atom stereocenters. The smallest absolute Gasteiger partial charge is 0.320 e. The number of unbranched alkanes of at least 4 members (excludes halogenated alkanes) is 1. The van der Waals surface area contributed by atoms with Crippen molar-refractivity contribution in [3.63, 3.8) is 0 Å². The first-order valence-electron chi connectivity index (χ1n) is 3.17. The molecular weight excluding hydrogens is 198 g/mol. The molecule has 3 N–H and O–H groups in total. The van der Waals surface area contributed by atoms with Crippen LogP contribution in [0.2, 0.25) is 0 Å². The summed E-state index contributed by atoms with van der Waals surface area (Å²) in [4.78, 5) is 10.1. The lowest BCUT2D eigenvalue weighted by Crippen LogP contribution is -2.29. The average Bonchev–Trinajstić information content (AvgIpc) is 1.82. The van der Waals surface area contributed by atoms with Gasteiger partial charge >= 0.3 is 5.97 Å². The van der Waals surface area contributed by atoms with Gasteiger partial charge in [-0.05, 0) is 6.42 Å². The summed E-state index contributed by atoms with van der Waals surface area (Å²) in [7, 11) is 0. The van der Waals surface area contributed by atoms with Crippen molar-refractivity contribution in [3.05, 3.63) is 0 Å². The Kier molecular flexibility index (Phi) is 8.83. The van der Waals surface area contributed by atoms with Crippen LogP contribution in [0.1, 0.15) is 26.2 Å². The molecule has 10 heavy (non-hydrogen) atoms. The first kappa shape index (κ1) is 12.6. The Balaban J connectivity index is 0. The standard InChI is InChI=1S/C6H13NO2.BrH/c1-2-3-4-5(7)6(8)9;/h5H,2-4,7H2,1H3,(H,8,9);1H/t5-;/m0./s1. The van der Waals surface area contributed by atoms with E-state index in [9.17, 15) is 4.79 Å². The van der Waals surface area contributed by atoms with Crippen molar-refractivity contribution in [3.8, 4) is 0 Å². The minimum atomic E-state index is -0.900. The zero-order valence-electron chi connectivity index (χ0n) is 6.04. The van der Waals surface area contributed by atoms with Gasteiger partial charge in [0.1, 0.15) is 6.04 Å². The lowest BCUT2D eigenvalue weighted by atomic mass is 10.1. The van der Waals surface area contributed by atoms with E-state index < -0.39 is 12.0 Å². The Morgan fingerprint density at radius 1 is 1.70 bits per heavy atom. The third-order valence-electron chi connectivity index (χ3n) is 1.19. The van der Waals surface area contributed by atoms with Gasteiger partial charge in [0.15, 0.2) is 0 Å². The van der Waals surface area contributed by atoms with Crippen LogP contribution in [0.15, 0.2) is 0 Å². The van der Waals surface area contributed by atoms with Crippen molar-refractivity contribution < 1.29 is 9.90 Å². The Morgan fingerprint density at radius 2 is 2.20 bits per heavy atom. The maximum absolute atomic E-state index is 10.1. The van der Waals surface area contributed by atoms with Gasteiger partial charge < -0.3 is 10.8 Å². The molecule has 0 aliphatic carbocycles. The molecule has 0 fully saturated rings. The predicted molar refractivity (Wildman–Crippen MR) is 45.5 cm³/mol. The van der Waals surface area contributed by atoms with Crippen LogP contribution in [-0.4, -0.2) is 17.1 Å². The molecule has 0 aromatic heterocycles. The second-order valence-corrected chi connectivity index (χ2v) is 2.09. The van der Waals surface area contributed by atoms with Crippen molar-refractivity contribution in [2.45, 2.75) is 32.2 Å². The number of carbonyl (C=O) groups is 1. The molecule has 0 unspecified atom stereocenters. The van der Waals surface area contributed by atoms with Crippen molar-refractivity contribution >= 4 is 23.0 Å². The fourth-order valence-electron chi connectivity index (χ4n) is 0.548. The molecule has 0 aromatic rings. The van der Waals surface area contributed by atoms with E-state index in [1.54, 1.807) is 0 Å². The first-order valence-corrected chi connectivity index (χ1v) is 3.17. The van der Waals surface area contributed by atoms with Gasteiger partial charge in [-0.3, -0.25) is 4.79 Å². The first-order chi connectivity index (χ1) is 4.18. The zero-order valence-corrected chi connectivity index (χ0v) is 7.75. The Hall–Kier alpha value is -0.0900. The fourth-order valence-corrected chi connectivity index (χ4v) is 0.548. The Bertz CT molecular complexity index is 97.7. The molecule has 0 aliphatic rings. The summed E-state index contributed by atoms with van der Waals surface area (Å²) in [5.41, 5.74) is 5.20. The van der Waals surface area contributed by atoms with Crippen LogP contribution in [0.5, 0.6) is 0 Å². The highest BCUT2D eigenvalue weighted by molar-refractivity contribution is 8.93. The molecule has 0 saturated carbocycles. The monoisotopic (exact) mass is 211 g/mol. The van der Waals surface area contributed by atoms with Crippen molar-refractivity contribution in [2.24, 2.45) is 5.73 Å². The number of halogens is 1. The third kappa shape index (κ3) is 6.04. The molecule has 0 spiro atoms. The average molecular weight is 212 g/mol. The van der Waals surface area contributed by atoms with E-state index in [1.807, 2.05) is 6.92 Å². The highest BCUT2D eigenvalue weighted by Gasteiger charge is 2.08. The number of aliphatic carboxylic acids is 1. The molecular formula is C6H14BrNO2. The largest absolute Gasteiger partial charge is 0.480 e. The van der Waals surface area contributed by atoms with Crippen LogP contribution in [-0.2, 0) is 4.79 Å². The molecule has 0 aliphatic heterocycles. The second-order valence-electron chi connectivity index (χ2n) is 2.09. The number of nitrogens with two attached hydrogens (primary N) is 1. The molecule has 4 heteroatoms. The number of carboxylic acids is 1. The molecule has 3 nitrogen and oxygen atoms in total. The van der Waals surface area contributed by atoms with E-state index in [4.69, 9.17) is 10.8 Å². The van der Waals surface area contributed by atoms with Gasteiger partial charge in [0.05, 0.1) is 0 Å². The summed E-state index contributed by atoms with van der Waals surface area (Å²) in [5, 5.41) is 8.28. The van der Waals surface area contributed by atoms with Gasteiger partial charge in [-0.15, -0.1) is 17.0 Å². The normalized spacial score (nSPS) is 11.8. The van der Waals surface area contributed by atoms with Crippen LogP contribution >= 0.6 is 17.0 Å². The quantitative estimate of drug-likeness (QED) is 0.735. The third-order valence-corrected chi connectivity index (χ3v) is 1.19. The maximum Gasteiger partial charge on any atom is 0.320 e. The van der Waals surface area contributed by atoms with Crippen molar-refractivity contribution in [1.29, 1.82) is 0 Å². The van der Waals surface area contributed by atoms with Gasteiger partial charge in [0.25, 0.3) is 0 Å². The zero-order chi connectivity index (χ0) is 7.28. The van der Waals surface area contributed by atoms with E-state index >= 15 is 0 Å². The van der Waals surface area contributed by atoms with Gasteiger partial charge in [-0.1, -0.05) is 19.8 Å². The predicted octanol–water partition coefficient (Wildman–Crippen LogP) is 1.17. The summed E-state index contributed by atoms with van der Waals surface area (Å²) in [6.45, 7) is 2.01. The molecule has 0 bridgehead atoms. The van der Waals surface area contributed by atoms with Crippen LogP contribution in [0, 0.1) is 0 Å². The molecule has 0 amide bonds. The topological polar surface area (TPSA) is 63.3 Å². The van der Waals surface area contributed by atoms with Crippen molar-refractivity contribution in [1.82, 2.24) is 0 Å². The fraction of sp³-hybridized carbons (Fsp3) is 0.833. The van der Waals surface area contributed by atoms with E-state index in [0.29, 0.717) is 6.42 Å². The Morgan fingerprint density at radius 3 is 2.50 bits per heavy atom. The van der Waals surface area contributed by atoms with Crippen LogP contribution in [0.3, 0.4) is 0 Å². The molecule has 0 radical (unpaired) electrons. The van der Waals surface area contributed by atoms with Gasteiger partial charge in [0.2, 0.25) is 0 Å².